The molecule has 1 amide bonds. The summed E-state index contributed by atoms with van der Waals surface area (Å²) in [4.78, 5) is 20.2. The van der Waals surface area contributed by atoms with Crippen LogP contribution in [0.5, 0.6) is 0 Å². The fourth-order valence-corrected chi connectivity index (χ4v) is 3.75. The van der Waals surface area contributed by atoms with E-state index in [-0.39, 0.29) is 5.91 Å². The summed E-state index contributed by atoms with van der Waals surface area (Å²) >= 11 is 0. The molecule has 0 bridgehead atoms. The smallest absolute Gasteiger partial charge is 0.238 e. The van der Waals surface area contributed by atoms with Crippen LogP contribution in [-0.4, -0.2) is 46.3 Å². The standard InChI is InChI=1S/C22H31N3O2/c1-17(2)25(18(3)4)15-13-22(21(27)24-16-26,19-10-6-5-7-11-19)20-12-8-9-14-23-20/h5-12,14,17-18,26H,13,15-16H2,1-4H3,(H,24,27). The lowest BCUT2D eigenvalue weighted by Gasteiger charge is -2.37. The fraction of sp³-hybridized carbons (Fsp3) is 0.455. The second-order valence-electron chi connectivity index (χ2n) is 7.33. The van der Waals surface area contributed by atoms with Gasteiger partial charge < -0.3 is 10.4 Å². The van der Waals surface area contributed by atoms with E-state index in [1.165, 1.54) is 0 Å². The topological polar surface area (TPSA) is 65.5 Å². The van der Waals surface area contributed by atoms with Gasteiger partial charge in [-0.25, -0.2) is 0 Å². The average Bonchev–Trinajstić information content (AvgIpc) is 2.66. The monoisotopic (exact) mass is 369 g/mol. The van der Waals surface area contributed by atoms with Crippen molar-refractivity contribution in [2.45, 2.75) is 51.6 Å². The first-order valence-electron chi connectivity index (χ1n) is 9.55. The largest absolute Gasteiger partial charge is 0.377 e. The van der Waals surface area contributed by atoms with Gasteiger partial charge >= 0.3 is 0 Å². The van der Waals surface area contributed by atoms with Gasteiger partial charge in [-0.2, -0.15) is 0 Å². The Labute approximate surface area is 162 Å². The Hall–Kier alpha value is -2.24. The Morgan fingerprint density at radius 3 is 2.22 bits per heavy atom. The minimum atomic E-state index is -0.965. The highest BCUT2D eigenvalue weighted by Gasteiger charge is 2.43. The molecule has 5 nitrogen and oxygen atoms in total. The fourth-order valence-electron chi connectivity index (χ4n) is 3.75. The minimum Gasteiger partial charge on any atom is -0.377 e. The normalized spacial score (nSPS) is 13.8. The molecule has 0 spiro atoms. The van der Waals surface area contributed by atoms with Crippen molar-refractivity contribution in [2.75, 3.05) is 13.3 Å². The average molecular weight is 370 g/mol. The summed E-state index contributed by atoms with van der Waals surface area (Å²) in [5.74, 6) is -0.234. The number of benzene rings is 1. The summed E-state index contributed by atoms with van der Waals surface area (Å²) in [6, 6.07) is 16.1. The third-order valence-corrected chi connectivity index (χ3v) is 5.07. The van der Waals surface area contributed by atoms with Crippen LogP contribution in [0.1, 0.15) is 45.4 Å². The highest BCUT2D eigenvalue weighted by atomic mass is 16.3. The van der Waals surface area contributed by atoms with Gasteiger partial charge in [0.2, 0.25) is 5.91 Å². The van der Waals surface area contributed by atoms with Gasteiger partial charge in [0.25, 0.3) is 0 Å². The number of nitrogens with zero attached hydrogens (tertiary/aromatic N) is 2. The lowest BCUT2D eigenvalue weighted by Crippen LogP contribution is -2.49. The molecule has 2 rings (SSSR count). The van der Waals surface area contributed by atoms with Crippen LogP contribution in [0.25, 0.3) is 0 Å². The van der Waals surface area contributed by atoms with Crippen molar-refractivity contribution in [3.05, 3.63) is 66.0 Å². The Bertz CT molecular complexity index is 655. The molecule has 1 aromatic carbocycles. The van der Waals surface area contributed by atoms with E-state index in [1.807, 2.05) is 48.5 Å². The number of carbonyl (C=O) groups excluding carboxylic acids is 1. The Morgan fingerprint density at radius 1 is 1.07 bits per heavy atom. The van der Waals surface area contributed by atoms with Gasteiger partial charge in [0.1, 0.15) is 12.1 Å². The summed E-state index contributed by atoms with van der Waals surface area (Å²) in [7, 11) is 0. The number of amides is 1. The number of hydrogen-bond acceptors (Lipinski definition) is 4. The van der Waals surface area contributed by atoms with E-state index >= 15 is 0 Å². The molecular formula is C22H31N3O2. The number of aromatic nitrogens is 1. The molecule has 1 heterocycles. The van der Waals surface area contributed by atoms with Crippen LogP contribution in [-0.2, 0) is 10.2 Å². The van der Waals surface area contributed by atoms with Crippen molar-refractivity contribution in [3.8, 4) is 0 Å². The molecule has 0 fully saturated rings. The molecule has 1 unspecified atom stereocenters. The second-order valence-corrected chi connectivity index (χ2v) is 7.33. The first kappa shape index (κ1) is 21.1. The van der Waals surface area contributed by atoms with Crippen LogP contribution in [0.4, 0.5) is 0 Å². The molecule has 2 N–H and O–H groups in total. The van der Waals surface area contributed by atoms with E-state index in [0.29, 0.717) is 24.2 Å². The summed E-state index contributed by atoms with van der Waals surface area (Å²) in [6.07, 6.45) is 2.28. The summed E-state index contributed by atoms with van der Waals surface area (Å²) in [5, 5.41) is 12.0. The van der Waals surface area contributed by atoms with Crippen LogP contribution >= 0.6 is 0 Å². The van der Waals surface area contributed by atoms with Crippen molar-refractivity contribution in [2.24, 2.45) is 0 Å². The quantitative estimate of drug-likeness (QED) is 0.667. The summed E-state index contributed by atoms with van der Waals surface area (Å²) in [5.41, 5.74) is 0.601. The van der Waals surface area contributed by atoms with E-state index < -0.39 is 12.1 Å². The van der Waals surface area contributed by atoms with Crippen molar-refractivity contribution < 1.29 is 9.90 Å². The van der Waals surface area contributed by atoms with Crippen LogP contribution in [0.15, 0.2) is 54.7 Å². The Balaban J connectivity index is 2.56. The van der Waals surface area contributed by atoms with Gasteiger partial charge in [0.05, 0.1) is 5.69 Å². The summed E-state index contributed by atoms with van der Waals surface area (Å²) in [6.45, 7) is 8.99. The highest BCUT2D eigenvalue weighted by molar-refractivity contribution is 5.91. The molecule has 146 valence electrons. The molecule has 0 saturated heterocycles. The number of carbonyl (C=O) groups is 1. The number of hydrogen-bond donors (Lipinski definition) is 2. The van der Waals surface area contributed by atoms with Crippen LogP contribution in [0.3, 0.4) is 0 Å². The van der Waals surface area contributed by atoms with Crippen LogP contribution in [0.2, 0.25) is 0 Å². The molecule has 27 heavy (non-hydrogen) atoms. The maximum Gasteiger partial charge on any atom is 0.238 e. The van der Waals surface area contributed by atoms with Crippen LogP contribution in [0, 0.1) is 0 Å². The molecule has 0 aliphatic carbocycles. The van der Waals surface area contributed by atoms with E-state index in [4.69, 9.17) is 0 Å². The van der Waals surface area contributed by atoms with E-state index in [9.17, 15) is 9.90 Å². The van der Waals surface area contributed by atoms with Gasteiger partial charge in [-0.3, -0.25) is 14.7 Å². The number of aliphatic hydroxyl groups excluding tert-OH is 1. The SMILES string of the molecule is CC(C)N(CCC(C(=O)NCO)(c1ccccc1)c1ccccn1)C(C)C. The van der Waals surface area contributed by atoms with E-state index in [1.54, 1.807) is 6.20 Å². The molecule has 1 atom stereocenters. The zero-order valence-corrected chi connectivity index (χ0v) is 16.7. The molecule has 2 aromatic rings. The van der Waals surface area contributed by atoms with Gasteiger partial charge in [-0.05, 0) is 51.8 Å². The van der Waals surface area contributed by atoms with Crippen molar-refractivity contribution in [1.29, 1.82) is 0 Å². The van der Waals surface area contributed by atoms with Crippen LogP contribution < -0.4 is 5.32 Å². The lowest BCUT2D eigenvalue weighted by atomic mass is 9.73. The predicted octanol–water partition coefficient (Wildman–Crippen LogP) is 2.94. The van der Waals surface area contributed by atoms with Gasteiger partial charge in [-0.15, -0.1) is 0 Å². The Kier molecular flexibility index (Phi) is 7.51. The maximum atomic E-state index is 13.3. The minimum absolute atomic E-state index is 0.234. The molecule has 0 aliphatic rings. The molecule has 0 radical (unpaired) electrons. The zero-order valence-electron chi connectivity index (χ0n) is 16.7. The molecule has 0 saturated carbocycles. The van der Waals surface area contributed by atoms with E-state index in [0.717, 1.165) is 12.1 Å². The first-order chi connectivity index (χ1) is 12.9. The van der Waals surface area contributed by atoms with Crippen molar-refractivity contribution in [3.63, 3.8) is 0 Å². The first-order valence-corrected chi connectivity index (χ1v) is 9.55. The molecular weight excluding hydrogens is 338 g/mol. The number of aliphatic hydroxyl groups is 1. The predicted molar refractivity (Wildman–Crippen MR) is 108 cm³/mol. The van der Waals surface area contributed by atoms with Crippen molar-refractivity contribution in [1.82, 2.24) is 15.2 Å². The highest BCUT2D eigenvalue weighted by Crippen LogP contribution is 2.35. The van der Waals surface area contributed by atoms with Gasteiger partial charge in [0.15, 0.2) is 0 Å². The third-order valence-electron chi connectivity index (χ3n) is 5.07. The zero-order chi connectivity index (χ0) is 19.9. The van der Waals surface area contributed by atoms with Gasteiger partial charge in [0, 0.05) is 24.8 Å². The number of nitrogens with one attached hydrogen (secondary N) is 1. The molecule has 1 aromatic heterocycles. The lowest BCUT2D eigenvalue weighted by molar-refractivity contribution is -0.127. The second kappa shape index (κ2) is 9.62. The van der Waals surface area contributed by atoms with Crippen molar-refractivity contribution >= 4 is 5.91 Å². The van der Waals surface area contributed by atoms with E-state index in [2.05, 4.69) is 42.9 Å². The number of rotatable bonds is 9. The van der Waals surface area contributed by atoms with Gasteiger partial charge in [-0.1, -0.05) is 36.4 Å². The number of pyridine rings is 1. The molecule has 0 aliphatic heterocycles. The molecule has 5 heteroatoms. The summed E-state index contributed by atoms with van der Waals surface area (Å²) < 4.78 is 0. The third kappa shape index (κ3) is 4.73. The Morgan fingerprint density at radius 2 is 1.70 bits per heavy atom. The maximum absolute atomic E-state index is 13.3.